The normalized spacial score (nSPS) is 17.8. The monoisotopic (exact) mass is 519 g/mol. The Morgan fingerprint density at radius 3 is 2.47 bits per heavy atom. The second kappa shape index (κ2) is 11.0. The Balaban J connectivity index is 1.73. The number of carboxylic acid groups (broad SMARTS) is 1. The van der Waals surface area contributed by atoms with Crippen molar-refractivity contribution in [2.24, 2.45) is 16.9 Å². The number of anilines is 1. The predicted molar refractivity (Wildman–Crippen MR) is 151 cm³/mol. The molecule has 0 amide bonds. The van der Waals surface area contributed by atoms with Gasteiger partial charge < -0.3 is 31.1 Å². The van der Waals surface area contributed by atoms with Gasteiger partial charge in [0.15, 0.2) is 5.88 Å². The molecule has 2 aromatic rings. The van der Waals surface area contributed by atoms with Gasteiger partial charge in [-0.3, -0.25) is 9.78 Å². The van der Waals surface area contributed by atoms with Crippen LogP contribution in [0.25, 0.3) is 11.1 Å². The highest BCUT2D eigenvalue weighted by Crippen LogP contribution is 2.42. The zero-order valence-electron chi connectivity index (χ0n) is 23.3. The summed E-state index contributed by atoms with van der Waals surface area (Å²) < 4.78 is 4.99. The molecular weight excluding hydrogens is 478 g/mol. The van der Waals surface area contributed by atoms with Gasteiger partial charge in [0.1, 0.15) is 0 Å². The Morgan fingerprint density at radius 1 is 1.11 bits per heavy atom. The van der Waals surface area contributed by atoms with Crippen molar-refractivity contribution in [1.29, 1.82) is 0 Å². The molecule has 3 heterocycles. The highest BCUT2D eigenvalue weighted by Gasteiger charge is 2.30. The number of allylic oxidation sites excluding steroid dienone is 2. The molecule has 0 saturated carbocycles. The number of hydrogen-bond acceptors (Lipinski definition) is 7. The first-order valence-electron chi connectivity index (χ1n) is 13.3. The van der Waals surface area contributed by atoms with E-state index in [1.165, 1.54) is 18.2 Å². The highest BCUT2D eigenvalue weighted by atomic mass is 16.5. The van der Waals surface area contributed by atoms with E-state index in [9.17, 15) is 9.90 Å². The quantitative estimate of drug-likeness (QED) is 0.368. The molecular formula is C30H41N5O3. The van der Waals surface area contributed by atoms with Gasteiger partial charge in [-0.05, 0) is 61.3 Å². The number of pyridine rings is 1. The van der Waals surface area contributed by atoms with Crippen LogP contribution in [0.4, 0.5) is 5.69 Å². The van der Waals surface area contributed by atoms with E-state index in [1.54, 1.807) is 12.2 Å². The fourth-order valence-electron chi connectivity index (χ4n) is 5.53. The molecule has 2 aliphatic rings. The molecule has 5 N–H and O–H groups in total. The average molecular weight is 520 g/mol. The summed E-state index contributed by atoms with van der Waals surface area (Å²) in [5, 5.41) is 9.76. The summed E-state index contributed by atoms with van der Waals surface area (Å²) in [7, 11) is 1.53. The van der Waals surface area contributed by atoms with E-state index in [4.69, 9.17) is 21.2 Å². The molecule has 38 heavy (non-hydrogen) atoms. The van der Waals surface area contributed by atoms with Crippen LogP contribution in [0.15, 0.2) is 42.1 Å². The van der Waals surface area contributed by atoms with Crippen LogP contribution in [0.3, 0.4) is 0 Å². The molecule has 1 aromatic carbocycles. The Morgan fingerprint density at radius 2 is 1.82 bits per heavy atom. The van der Waals surface area contributed by atoms with E-state index >= 15 is 0 Å². The largest absolute Gasteiger partial charge is 0.483 e. The number of nitrogens with zero attached hydrogens (tertiary/aromatic N) is 3. The van der Waals surface area contributed by atoms with Crippen molar-refractivity contribution in [3.8, 4) is 11.1 Å². The summed E-state index contributed by atoms with van der Waals surface area (Å²) in [6.07, 6.45) is 6.40. The summed E-state index contributed by atoms with van der Waals surface area (Å²) in [6.45, 7) is 11.9. The van der Waals surface area contributed by atoms with Gasteiger partial charge in [0.05, 0.1) is 25.0 Å². The number of benzene rings is 1. The second-order valence-electron chi connectivity index (χ2n) is 11.2. The lowest BCUT2D eigenvalue weighted by molar-refractivity contribution is -0.136. The lowest BCUT2D eigenvalue weighted by atomic mass is 9.82. The summed E-state index contributed by atoms with van der Waals surface area (Å²) in [6, 6.07) is 6.58. The van der Waals surface area contributed by atoms with Gasteiger partial charge in [-0.15, -0.1) is 0 Å². The Kier molecular flexibility index (Phi) is 7.90. The molecule has 0 atom stereocenters. The van der Waals surface area contributed by atoms with Crippen LogP contribution in [0.1, 0.15) is 54.8 Å². The highest BCUT2D eigenvalue weighted by molar-refractivity contribution is 5.86. The number of aryl methyl sites for hydroxylation is 2. The number of fused-ring (bicyclic) bond motifs is 1. The molecule has 2 aliphatic heterocycles. The number of ether oxygens (including phenoxy) is 1. The van der Waals surface area contributed by atoms with Gasteiger partial charge in [-0.1, -0.05) is 32.0 Å². The number of nitrogens with two attached hydrogens (primary N) is 2. The summed E-state index contributed by atoms with van der Waals surface area (Å²) in [4.78, 5) is 21.2. The maximum atomic E-state index is 11.9. The first kappa shape index (κ1) is 27.4. The number of rotatable bonds is 7. The number of methoxy groups -OCH3 is 1. The van der Waals surface area contributed by atoms with Crippen molar-refractivity contribution in [1.82, 2.24) is 9.88 Å². The molecule has 0 bridgehead atoms. The van der Waals surface area contributed by atoms with Crippen LogP contribution >= 0.6 is 0 Å². The molecule has 1 saturated heterocycles. The topological polar surface area (TPSA) is 118 Å². The van der Waals surface area contributed by atoms with Crippen molar-refractivity contribution >= 4 is 11.7 Å². The first-order valence-corrected chi connectivity index (χ1v) is 13.3. The van der Waals surface area contributed by atoms with Crippen LogP contribution in [-0.2, 0) is 28.9 Å². The molecule has 0 unspecified atom stereocenters. The molecule has 0 spiro atoms. The van der Waals surface area contributed by atoms with E-state index in [0.29, 0.717) is 23.7 Å². The molecule has 0 radical (unpaired) electrons. The minimum Gasteiger partial charge on any atom is -0.483 e. The number of hydrogen-bond donors (Lipinski definition) is 3. The van der Waals surface area contributed by atoms with E-state index in [1.807, 2.05) is 13.8 Å². The SMILES string of the molecule is CO/C(N)=C/C=C(\N)N1CCc2cc(-c3c(C)nc(C)c(CC(=O)O)c3N3CCC(C)(C)CC3)ccc2C1. The lowest BCUT2D eigenvalue weighted by Crippen LogP contribution is -2.38. The van der Waals surface area contributed by atoms with Gasteiger partial charge in [-0.25, -0.2) is 0 Å². The molecule has 1 fully saturated rings. The van der Waals surface area contributed by atoms with Crippen LogP contribution in [0.5, 0.6) is 0 Å². The third-order valence-corrected chi connectivity index (χ3v) is 7.94. The van der Waals surface area contributed by atoms with Gasteiger partial charge in [-0.2, -0.15) is 0 Å². The van der Waals surface area contributed by atoms with Crippen molar-refractivity contribution in [3.05, 3.63) is 70.1 Å². The minimum absolute atomic E-state index is 0.0329. The Labute approximate surface area is 226 Å². The van der Waals surface area contributed by atoms with Crippen molar-refractivity contribution in [2.75, 3.05) is 31.6 Å². The van der Waals surface area contributed by atoms with E-state index in [-0.39, 0.29) is 6.42 Å². The van der Waals surface area contributed by atoms with Crippen LogP contribution in [0, 0.1) is 19.3 Å². The summed E-state index contributed by atoms with van der Waals surface area (Å²) >= 11 is 0. The molecule has 8 heteroatoms. The number of aliphatic carboxylic acids is 1. The van der Waals surface area contributed by atoms with Gasteiger partial charge >= 0.3 is 5.97 Å². The zero-order chi connectivity index (χ0) is 27.6. The number of aromatic nitrogens is 1. The first-order chi connectivity index (χ1) is 18.0. The number of carbonyl (C=O) groups is 1. The van der Waals surface area contributed by atoms with E-state index in [2.05, 4.69) is 41.8 Å². The lowest BCUT2D eigenvalue weighted by Gasteiger charge is -2.40. The van der Waals surface area contributed by atoms with Crippen LogP contribution < -0.4 is 16.4 Å². The van der Waals surface area contributed by atoms with Gasteiger partial charge in [0.2, 0.25) is 0 Å². The molecule has 204 valence electrons. The molecule has 8 nitrogen and oxygen atoms in total. The maximum Gasteiger partial charge on any atom is 0.307 e. The smallest absolute Gasteiger partial charge is 0.307 e. The summed E-state index contributed by atoms with van der Waals surface area (Å²) in [5.74, 6) is 0.126. The standard InChI is InChI=1S/C30H41N5O3/c1-19-24(17-27(36)37)29(34-14-11-30(3,4)12-15-34)28(20(2)33-19)22-6-7-23-18-35(13-10-21(23)16-22)25(31)8-9-26(32)38-5/h6-9,16H,10-15,17-18,31-32H2,1-5H3,(H,36,37)/b25-8+,26-9+. The molecule has 1 aromatic heterocycles. The molecule has 0 aliphatic carbocycles. The van der Waals surface area contributed by atoms with Gasteiger partial charge in [0, 0.05) is 54.8 Å². The minimum atomic E-state index is -0.832. The second-order valence-corrected chi connectivity index (χ2v) is 11.2. The van der Waals surface area contributed by atoms with Gasteiger partial charge in [0.25, 0.3) is 0 Å². The summed E-state index contributed by atoms with van der Waals surface area (Å²) in [5.41, 5.74) is 20.6. The fourth-order valence-corrected chi connectivity index (χ4v) is 5.53. The fraction of sp³-hybridized carbons (Fsp3) is 0.467. The van der Waals surface area contributed by atoms with Crippen molar-refractivity contribution in [3.63, 3.8) is 0 Å². The zero-order valence-corrected chi connectivity index (χ0v) is 23.3. The van der Waals surface area contributed by atoms with E-state index in [0.717, 1.165) is 72.7 Å². The van der Waals surface area contributed by atoms with E-state index < -0.39 is 5.97 Å². The number of carboxylic acids is 1. The Hall–Kier alpha value is -3.68. The maximum absolute atomic E-state index is 11.9. The third kappa shape index (κ3) is 5.90. The molecule has 4 rings (SSSR count). The third-order valence-electron chi connectivity index (χ3n) is 7.94. The van der Waals surface area contributed by atoms with Crippen molar-refractivity contribution in [2.45, 2.75) is 59.9 Å². The average Bonchev–Trinajstić information content (AvgIpc) is 2.87. The predicted octanol–water partition coefficient (Wildman–Crippen LogP) is 4.22. The Bertz CT molecular complexity index is 1270. The van der Waals surface area contributed by atoms with Crippen LogP contribution in [0.2, 0.25) is 0 Å². The number of piperidine rings is 1. The van der Waals surface area contributed by atoms with Crippen molar-refractivity contribution < 1.29 is 14.6 Å². The van der Waals surface area contributed by atoms with Crippen LogP contribution in [-0.4, -0.2) is 47.7 Å².